The first kappa shape index (κ1) is 23.4. The Hall–Kier alpha value is -1.89. The minimum Gasteiger partial charge on any atom is -0.450 e. The highest BCUT2D eigenvalue weighted by molar-refractivity contribution is 6.07. The van der Waals surface area contributed by atoms with Crippen LogP contribution in [0.15, 0.2) is 11.1 Å². The molecular weight excluding hydrogens is 370 g/mol. The van der Waals surface area contributed by atoms with E-state index in [9.17, 15) is 14.4 Å². The van der Waals surface area contributed by atoms with E-state index >= 15 is 0 Å². The molecular formula is C22H37N3O4. The summed E-state index contributed by atoms with van der Waals surface area (Å²) in [6, 6.07) is 0. The minimum absolute atomic E-state index is 0.00938. The average molecular weight is 408 g/mol. The average Bonchev–Trinajstić information content (AvgIpc) is 2.93. The summed E-state index contributed by atoms with van der Waals surface area (Å²) in [4.78, 5) is 41.0. The lowest BCUT2D eigenvalue weighted by atomic mass is 9.82. The Morgan fingerprint density at radius 1 is 1.10 bits per heavy atom. The first-order valence-electron chi connectivity index (χ1n) is 11.1. The van der Waals surface area contributed by atoms with Crippen molar-refractivity contribution in [3.63, 3.8) is 0 Å². The molecule has 164 valence electrons. The number of ether oxygens (including phenoxy) is 1. The molecule has 0 aromatic rings. The van der Waals surface area contributed by atoms with Gasteiger partial charge >= 0.3 is 5.97 Å². The van der Waals surface area contributed by atoms with Crippen molar-refractivity contribution < 1.29 is 19.1 Å². The molecule has 2 rings (SSSR count). The van der Waals surface area contributed by atoms with Gasteiger partial charge in [-0.3, -0.25) is 9.59 Å². The van der Waals surface area contributed by atoms with Gasteiger partial charge in [0.15, 0.2) is 0 Å². The number of hydrogen-bond donors (Lipinski definition) is 1. The number of hydrogen-bond acceptors (Lipinski definition) is 5. The van der Waals surface area contributed by atoms with Crippen molar-refractivity contribution >= 4 is 17.8 Å². The van der Waals surface area contributed by atoms with E-state index in [0.717, 1.165) is 45.3 Å². The summed E-state index contributed by atoms with van der Waals surface area (Å²) in [5, 5.41) is 3.01. The summed E-state index contributed by atoms with van der Waals surface area (Å²) in [6.45, 7) is 12.0. The van der Waals surface area contributed by atoms with E-state index in [1.807, 2.05) is 0 Å². The molecule has 29 heavy (non-hydrogen) atoms. The molecule has 0 aromatic carbocycles. The van der Waals surface area contributed by atoms with Gasteiger partial charge in [0.05, 0.1) is 5.57 Å². The molecule has 1 saturated heterocycles. The molecule has 1 spiro atoms. The van der Waals surface area contributed by atoms with E-state index in [0.29, 0.717) is 43.6 Å². The number of unbranched alkanes of at least 4 members (excludes halogenated alkanes) is 2. The predicted molar refractivity (Wildman–Crippen MR) is 112 cm³/mol. The van der Waals surface area contributed by atoms with Crippen LogP contribution < -0.4 is 5.32 Å². The Bertz CT molecular complexity index is 628. The summed E-state index contributed by atoms with van der Waals surface area (Å²) in [5.41, 5.74) is -0.0339. The lowest BCUT2D eigenvalue weighted by Gasteiger charge is -2.39. The fraction of sp³-hybridized carbons (Fsp3) is 0.773. The van der Waals surface area contributed by atoms with E-state index in [4.69, 9.17) is 4.74 Å². The van der Waals surface area contributed by atoms with Crippen molar-refractivity contribution in [3.05, 3.63) is 11.1 Å². The largest absolute Gasteiger partial charge is 0.450 e. The summed E-state index contributed by atoms with van der Waals surface area (Å²) in [5.74, 6) is -0.621. The minimum atomic E-state index is -0.888. The van der Waals surface area contributed by atoms with E-state index in [2.05, 4.69) is 24.1 Å². The number of likely N-dealkylation sites (tertiary alicyclic amines) is 1. The normalized spacial score (nSPS) is 18.5. The fourth-order valence-electron chi connectivity index (χ4n) is 4.18. The van der Waals surface area contributed by atoms with Gasteiger partial charge in [-0.1, -0.05) is 26.7 Å². The van der Waals surface area contributed by atoms with Crippen molar-refractivity contribution in [3.8, 4) is 0 Å². The van der Waals surface area contributed by atoms with Crippen LogP contribution in [0.2, 0.25) is 0 Å². The number of carbonyl (C=O) groups is 3. The number of esters is 1. The lowest BCUT2D eigenvalue weighted by Crippen LogP contribution is -2.50. The van der Waals surface area contributed by atoms with Crippen molar-refractivity contribution in [1.82, 2.24) is 15.1 Å². The van der Waals surface area contributed by atoms with Gasteiger partial charge in [-0.2, -0.15) is 0 Å². The zero-order valence-electron chi connectivity index (χ0n) is 18.5. The molecule has 2 aliphatic rings. The van der Waals surface area contributed by atoms with Gasteiger partial charge in [-0.25, -0.2) is 4.79 Å². The predicted octanol–water partition coefficient (Wildman–Crippen LogP) is 2.26. The first-order valence-corrected chi connectivity index (χ1v) is 11.1. The van der Waals surface area contributed by atoms with Crippen LogP contribution in [-0.2, 0) is 19.1 Å². The number of nitrogens with one attached hydrogen (secondary N) is 1. The fourth-order valence-corrected chi connectivity index (χ4v) is 4.18. The summed E-state index contributed by atoms with van der Waals surface area (Å²) in [7, 11) is 0. The molecule has 1 N–H and O–H groups in total. The number of piperidine rings is 1. The van der Waals surface area contributed by atoms with Gasteiger partial charge in [0, 0.05) is 51.5 Å². The van der Waals surface area contributed by atoms with Crippen molar-refractivity contribution in [2.24, 2.45) is 0 Å². The SMILES string of the molecule is CCCCN(CCCC)CCNC(=O)C1=C(C)C(=O)OC12CCN(C(C)=O)CC2. The van der Waals surface area contributed by atoms with E-state index in [1.165, 1.54) is 6.92 Å². The summed E-state index contributed by atoms with van der Waals surface area (Å²) < 4.78 is 5.68. The van der Waals surface area contributed by atoms with Gasteiger partial charge in [-0.15, -0.1) is 0 Å². The van der Waals surface area contributed by atoms with Crippen LogP contribution >= 0.6 is 0 Å². The van der Waals surface area contributed by atoms with Crippen molar-refractivity contribution in [2.75, 3.05) is 39.3 Å². The van der Waals surface area contributed by atoms with Crippen LogP contribution in [0.4, 0.5) is 0 Å². The number of carbonyl (C=O) groups excluding carboxylic acids is 3. The lowest BCUT2D eigenvalue weighted by molar-refractivity contribution is -0.152. The number of rotatable bonds is 10. The van der Waals surface area contributed by atoms with Crippen LogP contribution in [0.25, 0.3) is 0 Å². The van der Waals surface area contributed by atoms with Gasteiger partial charge in [0.1, 0.15) is 5.60 Å². The second-order valence-corrected chi connectivity index (χ2v) is 8.19. The highest BCUT2D eigenvalue weighted by Gasteiger charge is 2.50. The Balaban J connectivity index is 1.98. The third-order valence-electron chi connectivity index (χ3n) is 6.04. The smallest absolute Gasteiger partial charge is 0.335 e. The third-order valence-corrected chi connectivity index (χ3v) is 6.04. The molecule has 0 aliphatic carbocycles. The Labute approximate surface area is 174 Å². The maximum Gasteiger partial charge on any atom is 0.335 e. The van der Waals surface area contributed by atoms with Gasteiger partial charge in [0.25, 0.3) is 5.91 Å². The highest BCUT2D eigenvalue weighted by atomic mass is 16.6. The topological polar surface area (TPSA) is 79.0 Å². The van der Waals surface area contributed by atoms with E-state index in [1.54, 1.807) is 11.8 Å². The third kappa shape index (κ3) is 5.81. The van der Waals surface area contributed by atoms with Crippen LogP contribution in [0, 0.1) is 0 Å². The monoisotopic (exact) mass is 407 g/mol. The Morgan fingerprint density at radius 3 is 2.21 bits per heavy atom. The van der Waals surface area contributed by atoms with E-state index < -0.39 is 11.6 Å². The quantitative estimate of drug-likeness (QED) is 0.562. The molecule has 0 radical (unpaired) electrons. The van der Waals surface area contributed by atoms with Gasteiger partial charge < -0.3 is 19.9 Å². The molecule has 1 fully saturated rings. The van der Waals surface area contributed by atoms with Crippen molar-refractivity contribution in [2.45, 2.75) is 71.8 Å². The van der Waals surface area contributed by atoms with Crippen LogP contribution in [0.5, 0.6) is 0 Å². The van der Waals surface area contributed by atoms with Crippen LogP contribution in [-0.4, -0.2) is 72.5 Å². The molecule has 0 atom stereocenters. The number of amides is 2. The summed E-state index contributed by atoms with van der Waals surface area (Å²) >= 11 is 0. The second-order valence-electron chi connectivity index (χ2n) is 8.19. The van der Waals surface area contributed by atoms with Crippen LogP contribution in [0.3, 0.4) is 0 Å². The second kappa shape index (κ2) is 10.8. The van der Waals surface area contributed by atoms with Crippen molar-refractivity contribution in [1.29, 1.82) is 0 Å². The molecule has 7 heteroatoms. The van der Waals surface area contributed by atoms with Gasteiger partial charge in [0.2, 0.25) is 5.91 Å². The molecule has 0 aromatic heterocycles. The Morgan fingerprint density at radius 2 is 1.69 bits per heavy atom. The molecule has 2 amide bonds. The standard InChI is InChI=1S/C22H37N3O4/c1-5-7-12-24(13-8-6-2)16-11-23-20(27)19-17(3)21(28)29-22(19)9-14-25(15-10-22)18(4)26/h5-16H2,1-4H3,(H,23,27). The Kier molecular flexibility index (Phi) is 8.68. The zero-order chi connectivity index (χ0) is 21.4. The molecule has 7 nitrogen and oxygen atoms in total. The molecule has 2 heterocycles. The zero-order valence-corrected chi connectivity index (χ0v) is 18.5. The van der Waals surface area contributed by atoms with Gasteiger partial charge in [-0.05, 0) is 32.9 Å². The molecule has 2 aliphatic heterocycles. The molecule has 0 unspecified atom stereocenters. The van der Waals surface area contributed by atoms with Crippen LogP contribution in [0.1, 0.15) is 66.2 Å². The molecule has 0 bridgehead atoms. The molecule has 0 saturated carbocycles. The first-order chi connectivity index (χ1) is 13.8. The maximum absolute atomic E-state index is 13.0. The van der Waals surface area contributed by atoms with E-state index in [-0.39, 0.29) is 11.8 Å². The maximum atomic E-state index is 13.0. The summed E-state index contributed by atoms with van der Waals surface area (Å²) in [6.07, 6.45) is 5.55. The number of nitrogens with zero attached hydrogens (tertiary/aromatic N) is 2. The highest BCUT2D eigenvalue weighted by Crippen LogP contribution is 2.41.